The number of nitrogens with zero attached hydrogens (tertiary/aromatic N) is 1. The molecule has 0 saturated carbocycles. The highest BCUT2D eigenvalue weighted by atomic mass is 16.5. The third-order valence-corrected chi connectivity index (χ3v) is 6.99. The van der Waals surface area contributed by atoms with Crippen molar-refractivity contribution in [2.45, 2.75) is 59.1 Å². The Bertz CT molecular complexity index is 1240. The van der Waals surface area contributed by atoms with Gasteiger partial charge in [-0.2, -0.15) is 0 Å². The monoisotopic (exact) mass is 537 g/mol. The molecule has 2 aliphatic heterocycles. The van der Waals surface area contributed by atoms with Crippen LogP contribution >= 0.6 is 0 Å². The molecule has 0 bridgehead atoms. The first-order valence-electron chi connectivity index (χ1n) is 13.7. The molecule has 1 amide bonds. The molecule has 2 aromatic carbocycles. The molecule has 210 valence electrons. The molecule has 8 nitrogen and oxygen atoms in total. The second kappa shape index (κ2) is 12.6. The van der Waals surface area contributed by atoms with E-state index in [-0.39, 0.29) is 17.4 Å². The normalized spacial score (nSPS) is 19.9. The second-order valence-electron chi connectivity index (χ2n) is 10.5. The van der Waals surface area contributed by atoms with Crippen LogP contribution in [0.4, 0.5) is 0 Å². The number of methoxy groups -OCH3 is 1. The highest BCUT2D eigenvalue weighted by Gasteiger charge is 2.46. The summed E-state index contributed by atoms with van der Waals surface area (Å²) in [6.45, 7) is 9.85. The Morgan fingerprint density at radius 2 is 1.90 bits per heavy atom. The number of Topliss-reactive ketones (excluding diaryl/α,β-unsaturated/α-hetero) is 1. The summed E-state index contributed by atoms with van der Waals surface area (Å²) in [6, 6.07) is 10.0. The molecule has 0 aliphatic carbocycles. The van der Waals surface area contributed by atoms with Crippen molar-refractivity contribution in [3.8, 4) is 17.2 Å². The quantitative estimate of drug-likeness (QED) is 0.170. The minimum Gasteiger partial charge on any atom is -0.507 e. The molecule has 39 heavy (non-hydrogen) atoms. The van der Waals surface area contributed by atoms with Crippen LogP contribution < -0.4 is 14.2 Å². The summed E-state index contributed by atoms with van der Waals surface area (Å²) >= 11 is 0. The average molecular weight is 538 g/mol. The summed E-state index contributed by atoms with van der Waals surface area (Å²) in [5.41, 5.74) is 2.15. The van der Waals surface area contributed by atoms with E-state index in [9.17, 15) is 14.7 Å². The first kappa shape index (κ1) is 28.5. The zero-order chi connectivity index (χ0) is 28.1. The minimum atomic E-state index is -0.783. The number of ketones is 1. The second-order valence-corrected chi connectivity index (χ2v) is 10.5. The largest absolute Gasteiger partial charge is 0.507 e. The Morgan fingerprint density at radius 1 is 1.10 bits per heavy atom. The van der Waals surface area contributed by atoms with E-state index in [0.717, 1.165) is 17.7 Å². The van der Waals surface area contributed by atoms with Gasteiger partial charge < -0.3 is 29.0 Å². The van der Waals surface area contributed by atoms with Crippen molar-refractivity contribution in [1.29, 1.82) is 0 Å². The minimum absolute atomic E-state index is 0.0435. The molecule has 1 saturated heterocycles. The number of rotatable bonds is 12. The van der Waals surface area contributed by atoms with E-state index in [1.165, 1.54) is 4.90 Å². The summed E-state index contributed by atoms with van der Waals surface area (Å²) in [5.74, 6) is 0.840. The molecule has 0 unspecified atom stereocenters. The van der Waals surface area contributed by atoms with Gasteiger partial charge in [0, 0.05) is 32.2 Å². The fourth-order valence-electron chi connectivity index (χ4n) is 5.05. The van der Waals surface area contributed by atoms with Gasteiger partial charge >= 0.3 is 0 Å². The molecule has 8 heteroatoms. The van der Waals surface area contributed by atoms with Crippen LogP contribution in [0.5, 0.6) is 17.2 Å². The van der Waals surface area contributed by atoms with Gasteiger partial charge in [-0.1, -0.05) is 19.9 Å². The van der Waals surface area contributed by atoms with Gasteiger partial charge in [-0.05, 0) is 74.1 Å². The van der Waals surface area contributed by atoms with E-state index in [2.05, 4.69) is 13.8 Å². The van der Waals surface area contributed by atoms with Gasteiger partial charge in [0.2, 0.25) is 0 Å². The molecule has 1 N–H and O–H groups in total. The van der Waals surface area contributed by atoms with E-state index >= 15 is 0 Å². The van der Waals surface area contributed by atoms with Crippen molar-refractivity contribution in [2.75, 3.05) is 33.5 Å². The Balaban J connectivity index is 1.77. The average Bonchev–Trinajstić information content (AvgIpc) is 3.40. The van der Waals surface area contributed by atoms with E-state index in [0.29, 0.717) is 67.8 Å². The summed E-state index contributed by atoms with van der Waals surface area (Å²) in [6.07, 6.45) is 2.20. The Morgan fingerprint density at radius 3 is 2.62 bits per heavy atom. The molecule has 0 aromatic heterocycles. The van der Waals surface area contributed by atoms with Crippen molar-refractivity contribution < 1.29 is 33.6 Å². The lowest BCUT2D eigenvalue weighted by molar-refractivity contribution is -0.140. The number of benzene rings is 2. The maximum Gasteiger partial charge on any atom is 0.295 e. The van der Waals surface area contributed by atoms with E-state index < -0.39 is 17.7 Å². The third kappa shape index (κ3) is 6.22. The summed E-state index contributed by atoms with van der Waals surface area (Å²) in [4.78, 5) is 28.2. The van der Waals surface area contributed by atoms with Crippen LogP contribution in [0.15, 0.2) is 42.0 Å². The highest BCUT2D eigenvalue weighted by molar-refractivity contribution is 6.46. The number of aliphatic hydroxyl groups excluding tert-OH is 1. The first-order valence-corrected chi connectivity index (χ1v) is 13.7. The van der Waals surface area contributed by atoms with Crippen molar-refractivity contribution in [2.24, 2.45) is 5.92 Å². The SMILES string of the molecule is CCOc1cc([C@H]2/C(=C(\O)c3ccc4c(c3)C[C@H](C)O4)C(=O)C(=O)N2CCCOC)ccc1OCCC(C)C. The number of aliphatic hydroxyl groups is 1. The topological polar surface area (TPSA) is 94.5 Å². The molecule has 2 atom stereocenters. The molecule has 2 aliphatic rings. The Labute approximate surface area is 230 Å². The standard InChI is InChI=1S/C31H39NO7/c1-6-37-26-18-21(8-11-25(26)38-15-12-19(2)3)28-27(30(34)31(35)32(28)13-7-14-36-5)29(33)22-9-10-24-23(17-22)16-20(4)39-24/h8-11,17-20,28,33H,6-7,12-16H2,1-5H3/b29-27+/t20-,28-/m0/s1. The maximum absolute atomic E-state index is 13.4. The van der Waals surface area contributed by atoms with Crippen LogP contribution in [0, 0.1) is 5.92 Å². The van der Waals surface area contributed by atoms with E-state index in [4.69, 9.17) is 18.9 Å². The Kier molecular flexibility index (Phi) is 9.17. The number of likely N-dealkylation sites (tertiary alicyclic amines) is 1. The number of hydrogen-bond acceptors (Lipinski definition) is 7. The molecule has 1 fully saturated rings. The molecule has 0 radical (unpaired) electrons. The molecular weight excluding hydrogens is 498 g/mol. The number of carbonyl (C=O) groups is 2. The summed E-state index contributed by atoms with van der Waals surface area (Å²) < 4.78 is 22.9. The fraction of sp³-hybridized carbons (Fsp3) is 0.484. The lowest BCUT2D eigenvalue weighted by Gasteiger charge is -2.26. The fourth-order valence-corrected chi connectivity index (χ4v) is 5.05. The molecule has 0 spiro atoms. The number of carbonyl (C=O) groups excluding carboxylic acids is 2. The number of amides is 1. The van der Waals surface area contributed by atoms with Crippen molar-refractivity contribution in [1.82, 2.24) is 4.90 Å². The number of hydrogen-bond donors (Lipinski definition) is 1. The van der Waals surface area contributed by atoms with Gasteiger partial charge in [-0.25, -0.2) is 0 Å². The van der Waals surface area contributed by atoms with Crippen LogP contribution in [0.3, 0.4) is 0 Å². The number of ether oxygens (including phenoxy) is 4. The number of fused-ring (bicyclic) bond motifs is 1. The first-order chi connectivity index (χ1) is 18.7. The predicted octanol–water partition coefficient (Wildman–Crippen LogP) is 5.29. The molecule has 4 rings (SSSR count). The van der Waals surface area contributed by atoms with Crippen LogP contribution in [-0.2, 0) is 20.7 Å². The smallest absolute Gasteiger partial charge is 0.295 e. The van der Waals surface area contributed by atoms with Crippen molar-refractivity contribution >= 4 is 17.4 Å². The van der Waals surface area contributed by atoms with Gasteiger partial charge in [0.05, 0.1) is 24.8 Å². The highest BCUT2D eigenvalue weighted by Crippen LogP contribution is 2.43. The summed E-state index contributed by atoms with van der Waals surface area (Å²) in [5, 5.41) is 11.5. The van der Waals surface area contributed by atoms with E-state index in [1.807, 2.05) is 32.0 Å². The third-order valence-electron chi connectivity index (χ3n) is 6.99. The summed E-state index contributed by atoms with van der Waals surface area (Å²) in [7, 11) is 1.59. The van der Waals surface area contributed by atoms with Crippen LogP contribution in [-0.4, -0.2) is 61.3 Å². The van der Waals surface area contributed by atoms with Crippen molar-refractivity contribution in [3.63, 3.8) is 0 Å². The van der Waals surface area contributed by atoms with Gasteiger partial charge in [-0.3, -0.25) is 9.59 Å². The maximum atomic E-state index is 13.4. The Hall–Kier alpha value is -3.52. The van der Waals surface area contributed by atoms with Crippen LogP contribution in [0.2, 0.25) is 0 Å². The predicted molar refractivity (Wildman–Crippen MR) is 148 cm³/mol. The molecule has 2 heterocycles. The zero-order valence-electron chi connectivity index (χ0n) is 23.5. The van der Waals surface area contributed by atoms with Crippen molar-refractivity contribution in [3.05, 3.63) is 58.7 Å². The van der Waals surface area contributed by atoms with Crippen LogP contribution in [0.1, 0.15) is 63.3 Å². The van der Waals surface area contributed by atoms with Gasteiger partial charge in [-0.15, -0.1) is 0 Å². The molecular formula is C31H39NO7. The molecule has 2 aromatic rings. The lowest BCUT2D eigenvalue weighted by Crippen LogP contribution is -2.31. The van der Waals surface area contributed by atoms with Gasteiger partial charge in [0.1, 0.15) is 17.6 Å². The van der Waals surface area contributed by atoms with Gasteiger partial charge in [0.15, 0.2) is 11.5 Å². The zero-order valence-corrected chi connectivity index (χ0v) is 23.5. The van der Waals surface area contributed by atoms with Gasteiger partial charge in [0.25, 0.3) is 11.7 Å². The lowest BCUT2D eigenvalue weighted by atomic mass is 9.94. The van der Waals surface area contributed by atoms with Crippen LogP contribution in [0.25, 0.3) is 5.76 Å². The van der Waals surface area contributed by atoms with E-state index in [1.54, 1.807) is 25.3 Å².